The molecule has 0 unspecified atom stereocenters. The molecular formula is C29H24F3N7O3. The highest BCUT2D eigenvalue weighted by Gasteiger charge is 2.32. The number of nitrogens with zero attached hydrogens (tertiary/aromatic N) is 4. The third kappa shape index (κ3) is 5.70. The van der Waals surface area contributed by atoms with Crippen molar-refractivity contribution < 1.29 is 27.6 Å². The summed E-state index contributed by atoms with van der Waals surface area (Å²) in [6.07, 6.45) is -3.01. The Morgan fingerprint density at radius 3 is 2.45 bits per heavy atom. The first-order valence-electron chi connectivity index (χ1n) is 12.6. The lowest BCUT2D eigenvalue weighted by molar-refractivity contribution is -0.137. The number of aryl methyl sites for hydroxylation is 1. The van der Waals surface area contributed by atoms with Crippen LogP contribution in [0.25, 0.3) is 0 Å². The Morgan fingerprint density at radius 1 is 0.976 bits per heavy atom. The highest BCUT2D eigenvalue weighted by molar-refractivity contribution is 6.07. The zero-order valence-corrected chi connectivity index (χ0v) is 22.4. The van der Waals surface area contributed by atoms with Crippen LogP contribution in [-0.2, 0) is 12.7 Å². The fourth-order valence-corrected chi connectivity index (χ4v) is 4.46. The van der Waals surface area contributed by atoms with Crippen molar-refractivity contribution in [2.75, 3.05) is 27.5 Å². The van der Waals surface area contributed by atoms with Crippen LogP contribution in [0.15, 0.2) is 72.9 Å². The number of alkyl halides is 3. The maximum absolute atomic E-state index is 13.4. The van der Waals surface area contributed by atoms with E-state index in [0.717, 1.165) is 17.7 Å². The van der Waals surface area contributed by atoms with Crippen LogP contribution in [0.5, 0.6) is 0 Å². The summed E-state index contributed by atoms with van der Waals surface area (Å²) in [5.74, 6) is -0.714. The van der Waals surface area contributed by atoms with Crippen LogP contribution in [0.2, 0.25) is 0 Å². The molecular weight excluding hydrogens is 551 g/mol. The number of benzene rings is 3. The SMILES string of the molecule is Cc1ccc(NC(=O)c2cccc(C(F)(F)F)c2)cc1N1Cc2cnc(Nc3cccc(C(N)=O)c3)nc2N(C)C1=O. The summed E-state index contributed by atoms with van der Waals surface area (Å²) in [5.41, 5.74) is 7.27. The van der Waals surface area contributed by atoms with Gasteiger partial charge < -0.3 is 16.4 Å². The second kappa shape index (κ2) is 10.8. The highest BCUT2D eigenvalue weighted by Crippen LogP contribution is 2.34. The number of rotatable bonds is 6. The average molecular weight is 576 g/mol. The highest BCUT2D eigenvalue weighted by atomic mass is 19.4. The Hall–Kier alpha value is -5.46. The van der Waals surface area contributed by atoms with E-state index in [2.05, 4.69) is 20.6 Å². The minimum absolute atomic E-state index is 0.127. The zero-order valence-electron chi connectivity index (χ0n) is 22.4. The fourth-order valence-electron chi connectivity index (χ4n) is 4.46. The van der Waals surface area contributed by atoms with Gasteiger partial charge in [0.05, 0.1) is 17.8 Å². The molecule has 3 aromatic carbocycles. The number of amides is 4. The molecule has 0 aliphatic carbocycles. The van der Waals surface area contributed by atoms with E-state index in [1.807, 2.05) is 0 Å². The monoisotopic (exact) mass is 575 g/mol. The minimum Gasteiger partial charge on any atom is -0.366 e. The lowest BCUT2D eigenvalue weighted by Crippen LogP contribution is -2.46. The van der Waals surface area contributed by atoms with Crippen molar-refractivity contribution in [2.24, 2.45) is 5.73 Å². The van der Waals surface area contributed by atoms with Crippen molar-refractivity contribution in [1.29, 1.82) is 0 Å². The number of aromatic nitrogens is 2. The largest absolute Gasteiger partial charge is 0.416 e. The van der Waals surface area contributed by atoms with Gasteiger partial charge >= 0.3 is 12.2 Å². The van der Waals surface area contributed by atoms with Gasteiger partial charge in [-0.15, -0.1) is 0 Å². The molecule has 4 amide bonds. The van der Waals surface area contributed by atoms with Gasteiger partial charge in [0.1, 0.15) is 5.82 Å². The normalized spacial score (nSPS) is 13.0. The summed E-state index contributed by atoms with van der Waals surface area (Å²) < 4.78 is 39.3. The van der Waals surface area contributed by atoms with Crippen LogP contribution in [0, 0.1) is 6.92 Å². The molecule has 42 heavy (non-hydrogen) atoms. The number of anilines is 5. The molecule has 4 aromatic rings. The Balaban J connectivity index is 1.37. The van der Waals surface area contributed by atoms with Crippen molar-refractivity contribution in [3.8, 4) is 0 Å². The third-order valence-corrected chi connectivity index (χ3v) is 6.62. The van der Waals surface area contributed by atoms with E-state index in [0.29, 0.717) is 34.0 Å². The van der Waals surface area contributed by atoms with Crippen molar-refractivity contribution in [3.63, 3.8) is 0 Å². The lowest BCUT2D eigenvalue weighted by atomic mass is 10.1. The van der Waals surface area contributed by atoms with Gasteiger partial charge in [0.15, 0.2) is 0 Å². The van der Waals surface area contributed by atoms with Crippen LogP contribution >= 0.6 is 0 Å². The topological polar surface area (TPSA) is 134 Å². The molecule has 1 aromatic heterocycles. The molecule has 0 saturated heterocycles. The summed E-state index contributed by atoms with van der Waals surface area (Å²) >= 11 is 0. The molecule has 13 heteroatoms. The number of fused-ring (bicyclic) bond motifs is 1. The summed E-state index contributed by atoms with van der Waals surface area (Å²) in [4.78, 5) is 49.4. The zero-order chi connectivity index (χ0) is 30.2. The van der Waals surface area contributed by atoms with Crippen LogP contribution in [0.3, 0.4) is 0 Å². The second-order valence-corrected chi connectivity index (χ2v) is 9.57. The number of primary amides is 1. The molecule has 5 rings (SSSR count). The van der Waals surface area contributed by atoms with Crippen LogP contribution in [0.1, 0.15) is 37.4 Å². The number of hydrogen-bond donors (Lipinski definition) is 3. The van der Waals surface area contributed by atoms with Crippen LogP contribution in [-0.4, -0.2) is 34.9 Å². The molecule has 0 bridgehead atoms. The maximum Gasteiger partial charge on any atom is 0.416 e. The Morgan fingerprint density at radius 2 is 1.71 bits per heavy atom. The van der Waals surface area contributed by atoms with Crippen LogP contribution < -0.4 is 26.2 Å². The summed E-state index contributed by atoms with van der Waals surface area (Å²) in [7, 11) is 1.56. The molecule has 4 N–H and O–H groups in total. The molecule has 1 aliphatic rings. The molecule has 2 heterocycles. The smallest absolute Gasteiger partial charge is 0.366 e. The Labute approximate surface area is 238 Å². The van der Waals surface area contributed by atoms with Gasteiger partial charge in [-0.3, -0.25) is 19.4 Å². The van der Waals surface area contributed by atoms with Crippen molar-refractivity contribution in [1.82, 2.24) is 9.97 Å². The van der Waals surface area contributed by atoms with E-state index in [1.165, 1.54) is 21.9 Å². The molecule has 0 atom stereocenters. The van der Waals surface area contributed by atoms with E-state index in [1.54, 1.807) is 62.6 Å². The quantitative estimate of drug-likeness (QED) is 0.279. The van der Waals surface area contributed by atoms with E-state index < -0.39 is 29.6 Å². The van der Waals surface area contributed by atoms with Gasteiger partial charge in [0, 0.05) is 41.3 Å². The molecule has 0 fully saturated rings. The lowest BCUT2D eigenvalue weighted by Gasteiger charge is -2.35. The van der Waals surface area contributed by atoms with Crippen LogP contribution in [0.4, 0.5) is 46.8 Å². The summed E-state index contributed by atoms with van der Waals surface area (Å²) in [6, 6.07) is 15.1. The second-order valence-electron chi connectivity index (χ2n) is 9.57. The first-order chi connectivity index (χ1) is 19.9. The van der Waals surface area contributed by atoms with Crippen molar-refractivity contribution in [2.45, 2.75) is 19.6 Å². The molecule has 1 aliphatic heterocycles. The molecule has 0 saturated carbocycles. The number of halogens is 3. The predicted molar refractivity (Wildman–Crippen MR) is 151 cm³/mol. The Kier molecular flexibility index (Phi) is 7.25. The van der Waals surface area contributed by atoms with Crippen molar-refractivity contribution >= 4 is 46.7 Å². The third-order valence-electron chi connectivity index (χ3n) is 6.62. The van der Waals surface area contributed by atoms with E-state index in [-0.39, 0.29) is 18.1 Å². The van der Waals surface area contributed by atoms with E-state index in [9.17, 15) is 27.6 Å². The number of carbonyl (C=O) groups is 3. The molecule has 0 spiro atoms. The molecule has 214 valence electrons. The van der Waals surface area contributed by atoms with Gasteiger partial charge in [0.2, 0.25) is 11.9 Å². The number of urea groups is 1. The number of hydrogen-bond acceptors (Lipinski definition) is 6. The Bertz CT molecular complexity index is 1730. The average Bonchev–Trinajstić information content (AvgIpc) is 2.96. The minimum atomic E-state index is -4.58. The maximum atomic E-state index is 13.4. The number of nitrogens with two attached hydrogens (primary N) is 1. The first kappa shape index (κ1) is 28.1. The van der Waals surface area contributed by atoms with E-state index >= 15 is 0 Å². The molecule has 10 nitrogen and oxygen atoms in total. The standard InChI is InChI=1S/C29H24F3N7O3/c1-16-9-10-22(35-26(41)18-6-3-7-20(11-18)29(30,31)32)13-23(16)39-15-19-14-34-27(37-25(19)38(2)28(39)42)36-21-8-4-5-17(12-21)24(33)40/h3-14H,15H2,1-2H3,(H2,33,40)(H,35,41)(H,34,36,37). The van der Waals surface area contributed by atoms with Crippen molar-refractivity contribution in [3.05, 3.63) is 101 Å². The van der Waals surface area contributed by atoms with Gasteiger partial charge in [-0.1, -0.05) is 18.2 Å². The first-order valence-corrected chi connectivity index (χ1v) is 12.6. The number of nitrogens with one attached hydrogen (secondary N) is 2. The summed E-state index contributed by atoms with van der Waals surface area (Å²) in [5, 5.41) is 5.61. The van der Waals surface area contributed by atoms with Gasteiger partial charge in [-0.2, -0.15) is 18.2 Å². The van der Waals surface area contributed by atoms with E-state index in [4.69, 9.17) is 5.73 Å². The van der Waals surface area contributed by atoms with Gasteiger partial charge in [-0.05, 0) is 61.0 Å². The predicted octanol–water partition coefficient (Wildman–Crippen LogP) is 5.48. The fraction of sp³-hybridized carbons (Fsp3) is 0.138. The molecule has 0 radical (unpaired) electrons. The van der Waals surface area contributed by atoms with Gasteiger partial charge in [-0.25, -0.2) is 9.78 Å². The number of carbonyl (C=O) groups excluding carboxylic acids is 3. The van der Waals surface area contributed by atoms with Gasteiger partial charge in [0.25, 0.3) is 5.91 Å². The summed E-state index contributed by atoms with van der Waals surface area (Å²) in [6.45, 7) is 1.92.